The molecule has 0 spiro atoms. The molecule has 2 heteroatoms. The van der Waals surface area contributed by atoms with Gasteiger partial charge in [-0.05, 0) is 24.5 Å². The number of hydrogen-bond acceptors (Lipinski definition) is 1. The molecule has 0 aromatic heterocycles. The Bertz CT molecular complexity index is 345. The molecule has 0 unspecified atom stereocenters. The van der Waals surface area contributed by atoms with Gasteiger partial charge in [0.15, 0.2) is 0 Å². The Morgan fingerprint density at radius 3 is 2.71 bits per heavy atom. The van der Waals surface area contributed by atoms with Gasteiger partial charge in [0, 0.05) is 12.1 Å². The van der Waals surface area contributed by atoms with E-state index in [0.29, 0.717) is 12.3 Å². The minimum atomic E-state index is 0.0669. The zero-order valence-electron chi connectivity index (χ0n) is 10.5. The first-order valence-electron chi connectivity index (χ1n) is 6.23. The molecule has 0 bridgehead atoms. The smallest absolute Gasteiger partial charge is 0.224 e. The van der Waals surface area contributed by atoms with Crippen molar-refractivity contribution >= 4 is 11.6 Å². The summed E-state index contributed by atoms with van der Waals surface area (Å²) in [6.45, 7) is 5.95. The second-order valence-electron chi connectivity index (χ2n) is 4.26. The van der Waals surface area contributed by atoms with Gasteiger partial charge in [0.05, 0.1) is 0 Å². The SMILES string of the molecule is C=C[C@H](CCCC)CC(=O)Nc1ccccc1. The molecule has 0 fully saturated rings. The number of allylic oxidation sites excluding steroid dienone is 1. The van der Waals surface area contributed by atoms with E-state index in [-0.39, 0.29) is 5.91 Å². The number of carbonyl (C=O) groups excluding carboxylic acids is 1. The van der Waals surface area contributed by atoms with E-state index < -0.39 is 0 Å². The molecule has 1 N–H and O–H groups in total. The fourth-order valence-corrected chi connectivity index (χ4v) is 1.74. The number of benzene rings is 1. The first kappa shape index (κ1) is 13.5. The average Bonchev–Trinajstić information content (AvgIpc) is 2.35. The first-order valence-corrected chi connectivity index (χ1v) is 6.23. The number of hydrogen-bond donors (Lipinski definition) is 1. The van der Waals surface area contributed by atoms with Gasteiger partial charge >= 0.3 is 0 Å². The molecule has 2 nitrogen and oxygen atoms in total. The minimum Gasteiger partial charge on any atom is -0.326 e. The lowest BCUT2D eigenvalue weighted by Gasteiger charge is -2.11. The van der Waals surface area contributed by atoms with Crippen LogP contribution in [-0.4, -0.2) is 5.91 Å². The fraction of sp³-hybridized carbons (Fsp3) is 0.400. The molecule has 0 aliphatic carbocycles. The quantitative estimate of drug-likeness (QED) is 0.706. The topological polar surface area (TPSA) is 29.1 Å². The summed E-state index contributed by atoms with van der Waals surface area (Å²) in [7, 11) is 0. The van der Waals surface area contributed by atoms with Crippen LogP contribution in [0.15, 0.2) is 43.0 Å². The summed E-state index contributed by atoms with van der Waals surface area (Å²) in [5, 5.41) is 2.90. The summed E-state index contributed by atoms with van der Waals surface area (Å²) in [5.74, 6) is 0.357. The van der Waals surface area contributed by atoms with Crippen LogP contribution < -0.4 is 5.32 Å². The van der Waals surface area contributed by atoms with Crippen molar-refractivity contribution in [1.29, 1.82) is 0 Å². The lowest BCUT2D eigenvalue weighted by Crippen LogP contribution is -2.15. The predicted octanol–water partition coefficient (Wildman–Crippen LogP) is 4.01. The molecular formula is C15H21NO. The number of carbonyl (C=O) groups is 1. The number of anilines is 1. The standard InChI is InChI=1S/C15H21NO/c1-3-5-9-13(4-2)12-15(17)16-14-10-7-6-8-11-14/h4,6-8,10-11,13H,2-3,5,9,12H2,1H3,(H,16,17)/t13-/m1/s1. The highest BCUT2D eigenvalue weighted by atomic mass is 16.1. The molecule has 0 aliphatic heterocycles. The minimum absolute atomic E-state index is 0.0669. The van der Waals surface area contributed by atoms with Crippen molar-refractivity contribution in [2.75, 3.05) is 5.32 Å². The van der Waals surface area contributed by atoms with Crippen molar-refractivity contribution in [3.05, 3.63) is 43.0 Å². The molecule has 0 heterocycles. The van der Waals surface area contributed by atoms with Crippen LogP contribution in [0.5, 0.6) is 0 Å². The number of amides is 1. The Kier molecular flexibility index (Phi) is 6.08. The van der Waals surface area contributed by atoms with E-state index in [4.69, 9.17) is 0 Å². The van der Waals surface area contributed by atoms with Crippen molar-refractivity contribution in [3.8, 4) is 0 Å². The van der Waals surface area contributed by atoms with Crippen molar-refractivity contribution in [3.63, 3.8) is 0 Å². The summed E-state index contributed by atoms with van der Waals surface area (Å²) in [4.78, 5) is 11.8. The second-order valence-corrected chi connectivity index (χ2v) is 4.26. The van der Waals surface area contributed by atoms with E-state index in [1.807, 2.05) is 36.4 Å². The molecule has 0 aliphatic rings. The molecule has 1 aromatic carbocycles. The zero-order chi connectivity index (χ0) is 12.5. The highest BCUT2D eigenvalue weighted by Crippen LogP contribution is 2.15. The maximum atomic E-state index is 11.8. The monoisotopic (exact) mass is 231 g/mol. The number of unbranched alkanes of at least 4 members (excludes halogenated alkanes) is 1. The van der Waals surface area contributed by atoms with Crippen LogP contribution in [0, 0.1) is 5.92 Å². The molecule has 1 aromatic rings. The second kappa shape index (κ2) is 7.66. The Labute approximate surface area is 104 Å². The van der Waals surface area contributed by atoms with E-state index in [9.17, 15) is 4.79 Å². The zero-order valence-corrected chi connectivity index (χ0v) is 10.5. The van der Waals surface area contributed by atoms with Crippen molar-refractivity contribution < 1.29 is 4.79 Å². The maximum Gasteiger partial charge on any atom is 0.224 e. The predicted molar refractivity (Wildman–Crippen MR) is 72.9 cm³/mol. The van der Waals surface area contributed by atoms with Crippen LogP contribution in [0.2, 0.25) is 0 Å². The first-order chi connectivity index (χ1) is 8.26. The molecule has 1 rings (SSSR count). The average molecular weight is 231 g/mol. The molecule has 17 heavy (non-hydrogen) atoms. The van der Waals surface area contributed by atoms with E-state index in [0.717, 1.165) is 24.9 Å². The van der Waals surface area contributed by atoms with E-state index in [2.05, 4.69) is 18.8 Å². The van der Waals surface area contributed by atoms with Crippen LogP contribution in [0.3, 0.4) is 0 Å². The van der Waals surface area contributed by atoms with Gasteiger partial charge in [-0.1, -0.05) is 44.0 Å². The van der Waals surface area contributed by atoms with E-state index >= 15 is 0 Å². The van der Waals surface area contributed by atoms with Gasteiger partial charge in [-0.25, -0.2) is 0 Å². The summed E-state index contributed by atoms with van der Waals surface area (Å²) >= 11 is 0. The summed E-state index contributed by atoms with van der Waals surface area (Å²) in [6.07, 6.45) is 5.76. The lowest BCUT2D eigenvalue weighted by molar-refractivity contribution is -0.116. The van der Waals surface area contributed by atoms with Gasteiger partial charge in [0.1, 0.15) is 0 Å². The van der Waals surface area contributed by atoms with Gasteiger partial charge in [0.2, 0.25) is 5.91 Å². The van der Waals surface area contributed by atoms with Crippen molar-refractivity contribution in [2.45, 2.75) is 32.6 Å². The third-order valence-corrected chi connectivity index (χ3v) is 2.77. The van der Waals surface area contributed by atoms with Crippen molar-refractivity contribution in [1.82, 2.24) is 0 Å². The van der Waals surface area contributed by atoms with E-state index in [1.165, 1.54) is 0 Å². The van der Waals surface area contributed by atoms with E-state index in [1.54, 1.807) is 0 Å². The van der Waals surface area contributed by atoms with Gasteiger partial charge in [-0.3, -0.25) is 4.79 Å². The largest absolute Gasteiger partial charge is 0.326 e. The van der Waals surface area contributed by atoms with Gasteiger partial charge < -0.3 is 5.32 Å². The third-order valence-electron chi connectivity index (χ3n) is 2.77. The summed E-state index contributed by atoms with van der Waals surface area (Å²) in [5.41, 5.74) is 0.857. The Hall–Kier alpha value is -1.57. The van der Waals surface area contributed by atoms with Crippen LogP contribution in [-0.2, 0) is 4.79 Å². The molecule has 1 amide bonds. The molecule has 0 radical (unpaired) electrons. The van der Waals surface area contributed by atoms with Gasteiger partial charge in [-0.15, -0.1) is 6.58 Å². The third kappa shape index (κ3) is 5.34. The number of nitrogens with one attached hydrogen (secondary N) is 1. The van der Waals surface area contributed by atoms with Gasteiger partial charge in [-0.2, -0.15) is 0 Å². The van der Waals surface area contributed by atoms with Crippen LogP contribution in [0.4, 0.5) is 5.69 Å². The van der Waals surface area contributed by atoms with Crippen LogP contribution in [0.25, 0.3) is 0 Å². The Morgan fingerprint density at radius 2 is 2.12 bits per heavy atom. The molecule has 0 saturated heterocycles. The van der Waals surface area contributed by atoms with Crippen LogP contribution >= 0.6 is 0 Å². The Balaban J connectivity index is 2.40. The number of rotatable bonds is 7. The summed E-state index contributed by atoms with van der Waals surface area (Å²) < 4.78 is 0. The normalized spacial score (nSPS) is 11.8. The molecular weight excluding hydrogens is 210 g/mol. The molecule has 0 saturated carbocycles. The number of para-hydroxylation sites is 1. The Morgan fingerprint density at radius 1 is 1.41 bits per heavy atom. The highest BCUT2D eigenvalue weighted by Gasteiger charge is 2.10. The fourth-order valence-electron chi connectivity index (χ4n) is 1.74. The maximum absolute atomic E-state index is 11.8. The molecule has 1 atom stereocenters. The van der Waals surface area contributed by atoms with Crippen LogP contribution in [0.1, 0.15) is 32.6 Å². The summed E-state index contributed by atoms with van der Waals surface area (Å²) in [6, 6.07) is 9.55. The van der Waals surface area contributed by atoms with Crippen molar-refractivity contribution in [2.24, 2.45) is 5.92 Å². The van der Waals surface area contributed by atoms with Gasteiger partial charge in [0.25, 0.3) is 0 Å². The molecule has 92 valence electrons. The highest BCUT2D eigenvalue weighted by molar-refractivity contribution is 5.90. The lowest BCUT2D eigenvalue weighted by atomic mass is 9.98.